The first kappa shape index (κ1) is 15.5. The zero-order chi connectivity index (χ0) is 13.8. The molecule has 1 fully saturated rings. The van der Waals surface area contributed by atoms with Crippen LogP contribution in [0.2, 0.25) is 0 Å². The van der Waals surface area contributed by atoms with Gasteiger partial charge in [-0.1, -0.05) is 20.8 Å². The van der Waals surface area contributed by atoms with E-state index in [-0.39, 0.29) is 17.0 Å². The normalized spacial score (nSPS) is 31.9. The lowest BCUT2D eigenvalue weighted by molar-refractivity contribution is -0.146. The van der Waals surface area contributed by atoms with Crippen molar-refractivity contribution < 1.29 is 14.3 Å². The lowest BCUT2D eigenvalue weighted by Gasteiger charge is -2.35. The van der Waals surface area contributed by atoms with Crippen molar-refractivity contribution in [2.45, 2.75) is 65.9 Å². The fraction of sp³-hybridized carbons (Fsp3) is 0.933. The number of carbonyl (C=O) groups excluding carboxylic acids is 1. The van der Waals surface area contributed by atoms with E-state index in [0.717, 1.165) is 25.9 Å². The third kappa shape index (κ3) is 3.47. The van der Waals surface area contributed by atoms with Crippen molar-refractivity contribution in [2.24, 2.45) is 11.3 Å². The fourth-order valence-electron chi connectivity index (χ4n) is 3.19. The molecule has 0 spiro atoms. The molecule has 0 amide bonds. The van der Waals surface area contributed by atoms with Gasteiger partial charge in [-0.25, -0.2) is 0 Å². The molecule has 3 heteroatoms. The molecule has 0 radical (unpaired) electrons. The first-order chi connectivity index (χ1) is 8.37. The molecule has 0 heterocycles. The highest BCUT2D eigenvalue weighted by Gasteiger charge is 2.48. The molecule has 2 atom stereocenters. The second-order valence-electron chi connectivity index (χ2n) is 6.12. The molecule has 0 aromatic rings. The van der Waals surface area contributed by atoms with E-state index >= 15 is 0 Å². The monoisotopic (exact) mass is 256 g/mol. The number of hydrogen-bond donors (Lipinski definition) is 0. The first-order valence-corrected chi connectivity index (χ1v) is 7.17. The highest BCUT2D eigenvalue weighted by molar-refractivity contribution is 5.70. The summed E-state index contributed by atoms with van der Waals surface area (Å²) in [6, 6.07) is 0. The minimum atomic E-state index is -0.0731. The smallest absolute Gasteiger partial charge is 0.306 e. The van der Waals surface area contributed by atoms with Gasteiger partial charge in [-0.2, -0.15) is 0 Å². The van der Waals surface area contributed by atoms with E-state index in [1.807, 2.05) is 13.8 Å². The van der Waals surface area contributed by atoms with Gasteiger partial charge in [-0.05, 0) is 44.4 Å². The molecule has 0 N–H and O–H groups in total. The van der Waals surface area contributed by atoms with Crippen LogP contribution < -0.4 is 0 Å². The van der Waals surface area contributed by atoms with E-state index in [9.17, 15) is 4.79 Å². The molecule has 18 heavy (non-hydrogen) atoms. The minimum Gasteiger partial charge on any atom is -0.466 e. The summed E-state index contributed by atoms with van der Waals surface area (Å²) in [4.78, 5) is 11.7. The van der Waals surface area contributed by atoms with E-state index in [1.165, 1.54) is 0 Å². The van der Waals surface area contributed by atoms with Crippen LogP contribution in [0.3, 0.4) is 0 Å². The molecule has 0 aromatic heterocycles. The van der Waals surface area contributed by atoms with Gasteiger partial charge in [-0.3, -0.25) is 4.79 Å². The van der Waals surface area contributed by atoms with Gasteiger partial charge in [0.25, 0.3) is 0 Å². The van der Waals surface area contributed by atoms with E-state index in [0.29, 0.717) is 18.9 Å². The van der Waals surface area contributed by atoms with Crippen LogP contribution in [0.5, 0.6) is 0 Å². The average molecular weight is 256 g/mol. The van der Waals surface area contributed by atoms with Gasteiger partial charge in [0.2, 0.25) is 0 Å². The first-order valence-electron chi connectivity index (χ1n) is 7.17. The molecule has 2 unspecified atom stereocenters. The molecule has 1 saturated carbocycles. The molecule has 1 aliphatic carbocycles. The highest BCUT2D eigenvalue weighted by Crippen LogP contribution is 2.51. The Bertz CT molecular complexity index is 287. The third-order valence-electron chi connectivity index (χ3n) is 4.24. The number of hydrogen-bond acceptors (Lipinski definition) is 3. The topological polar surface area (TPSA) is 35.5 Å². The molecular weight excluding hydrogens is 228 g/mol. The van der Waals surface area contributed by atoms with Gasteiger partial charge in [-0.15, -0.1) is 0 Å². The number of esters is 1. The van der Waals surface area contributed by atoms with Gasteiger partial charge in [0.1, 0.15) is 0 Å². The predicted octanol–water partition coefficient (Wildman–Crippen LogP) is 3.56. The summed E-state index contributed by atoms with van der Waals surface area (Å²) in [7, 11) is 0. The van der Waals surface area contributed by atoms with Gasteiger partial charge in [0.05, 0.1) is 18.6 Å². The van der Waals surface area contributed by atoms with Gasteiger partial charge in [0.15, 0.2) is 0 Å². The zero-order valence-electron chi connectivity index (χ0n) is 12.5. The molecule has 0 aliphatic heterocycles. The van der Waals surface area contributed by atoms with Crippen molar-refractivity contribution in [3.05, 3.63) is 0 Å². The molecule has 0 bridgehead atoms. The maximum absolute atomic E-state index is 11.7. The van der Waals surface area contributed by atoms with Crippen LogP contribution in [0.25, 0.3) is 0 Å². The van der Waals surface area contributed by atoms with Crippen LogP contribution in [-0.2, 0) is 14.3 Å². The molecule has 0 saturated heterocycles. The van der Waals surface area contributed by atoms with E-state index in [2.05, 4.69) is 20.8 Å². The molecule has 0 aromatic carbocycles. The maximum atomic E-state index is 11.7. The van der Waals surface area contributed by atoms with Crippen molar-refractivity contribution in [1.82, 2.24) is 0 Å². The number of carbonyl (C=O) groups is 1. The van der Waals surface area contributed by atoms with E-state index in [4.69, 9.17) is 9.47 Å². The Morgan fingerprint density at radius 3 is 2.39 bits per heavy atom. The van der Waals surface area contributed by atoms with Crippen LogP contribution in [0.1, 0.15) is 60.3 Å². The molecule has 1 aliphatic rings. The second kappa shape index (κ2) is 6.05. The van der Waals surface area contributed by atoms with Crippen LogP contribution in [0.4, 0.5) is 0 Å². The summed E-state index contributed by atoms with van der Waals surface area (Å²) in [6.07, 6.45) is 3.57. The minimum absolute atomic E-state index is 0.0334. The summed E-state index contributed by atoms with van der Waals surface area (Å²) in [5.41, 5.74) is -0.0122. The van der Waals surface area contributed by atoms with E-state index < -0.39 is 0 Å². The highest BCUT2D eigenvalue weighted by atomic mass is 16.5. The predicted molar refractivity (Wildman–Crippen MR) is 72.4 cm³/mol. The second-order valence-corrected chi connectivity index (χ2v) is 6.12. The van der Waals surface area contributed by atoms with E-state index in [1.54, 1.807) is 0 Å². The summed E-state index contributed by atoms with van der Waals surface area (Å²) in [6.45, 7) is 11.7. The van der Waals surface area contributed by atoms with Crippen LogP contribution in [-0.4, -0.2) is 24.8 Å². The number of rotatable bonds is 6. The zero-order valence-corrected chi connectivity index (χ0v) is 12.5. The molecule has 1 rings (SSSR count). The SMILES string of the molecule is CCOC(=O)CC1(C)CCC(OCC)(C(C)C)C1. The Morgan fingerprint density at radius 1 is 1.22 bits per heavy atom. The van der Waals surface area contributed by atoms with Crippen molar-refractivity contribution >= 4 is 5.97 Å². The van der Waals surface area contributed by atoms with Gasteiger partial charge >= 0.3 is 5.97 Å². The summed E-state index contributed by atoms with van der Waals surface area (Å²) >= 11 is 0. The quantitative estimate of drug-likeness (QED) is 0.682. The Balaban J connectivity index is 2.69. The Kier molecular flexibility index (Phi) is 5.20. The third-order valence-corrected chi connectivity index (χ3v) is 4.24. The van der Waals surface area contributed by atoms with Gasteiger partial charge < -0.3 is 9.47 Å². The molecule has 3 nitrogen and oxygen atoms in total. The Morgan fingerprint density at radius 2 is 1.89 bits per heavy atom. The van der Waals surface area contributed by atoms with Crippen molar-refractivity contribution in [3.63, 3.8) is 0 Å². The molecule has 106 valence electrons. The molecular formula is C15H28O3. The van der Waals surface area contributed by atoms with Crippen molar-refractivity contribution in [1.29, 1.82) is 0 Å². The summed E-state index contributed by atoms with van der Waals surface area (Å²) in [5, 5.41) is 0. The Labute approximate surface area is 111 Å². The van der Waals surface area contributed by atoms with Crippen molar-refractivity contribution in [2.75, 3.05) is 13.2 Å². The van der Waals surface area contributed by atoms with Crippen LogP contribution in [0, 0.1) is 11.3 Å². The lowest BCUT2D eigenvalue weighted by Crippen LogP contribution is -2.37. The largest absolute Gasteiger partial charge is 0.466 e. The summed E-state index contributed by atoms with van der Waals surface area (Å²) in [5.74, 6) is 0.414. The van der Waals surface area contributed by atoms with Crippen molar-refractivity contribution in [3.8, 4) is 0 Å². The standard InChI is InChI=1S/C15H28O3/c1-6-17-13(16)10-14(5)8-9-15(11-14,12(3)4)18-7-2/h12H,6-11H2,1-5H3. The number of ether oxygens (including phenoxy) is 2. The Hall–Kier alpha value is -0.570. The van der Waals surface area contributed by atoms with Crippen LogP contribution in [0.15, 0.2) is 0 Å². The average Bonchev–Trinajstić information content (AvgIpc) is 2.58. The lowest BCUT2D eigenvalue weighted by atomic mass is 9.80. The summed E-state index contributed by atoms with van der Waals surface area (Å²) < 4.78 is 11.1. The van der Waals surface area contributed by atoms with Gasteiger partial charge in [0, 0.05) is 6.61 Å². The maximum Gasteiger partial charge on any atom is 0.306 e. The van der Waals surface area contributed by atoms with Crippen LogP contribution >= 0.6 is 0 Å². The fourth-order valence-corrected chi connectivity index (χ4v) is 3.19.